The van der Waals surface area contributed by atoms with Crippen LogP contribution in [-0.2, 0) is 4.79 Å². The normalized spacial score (nSPS) is 16.7. The minimum atomic E-state index is -0.490. The van der Waals surface area contributed by atoms with Crippen LogP contribution in [0.3, 0.4) is 0 Å². The summed E-state index contributed by atoms with van der Waals surface area (Å²) in [5.41, 5.74) is 2.38. The van der Waals surface area contributed by atoms with Gasteiger partial charge in [0, 0.05) is 5.57 Å². The van der Waals surface area contributed by atoms with E-state index in [1.807, 2.05) is 41.5 Å². The number of Topliss-reactive ketones (excluding diaryl/α,β-unsaturated/α-hetero) is 1. The molecule has 1 aliphatic carbocycles. The number of hydrogen-bond acceptors (Lipinski definition) is 2. The van der Waals surface area contributed by atoms with Crippen molar-refractivity contribution in [2.45, 2.75) is 73.8 Å². The lowest BCUT2D eigenvalue weighted by atomic mass is 9.88. The maximum absolute atomic E-state index is 11.3. The van der Waals surface area contributed by atoms with E-state index in [4.69, 9.17) is 0 Å². The molecule has 0 aromatic carbocycles. The number of ketones is 1. The van der Waals surface area contributed by atoms with Crippen molar-refractivity contribution in [1.29, 1.82) is 0 Å². The van der Waals surface area contributed by atoms with Gasteiger partial charge in [-0.25, -0.2) is 0 Å². The summed E-state index contributed by atoms with van der Waals surface area (Å²) in [6.07, 6.45) is 7.14. The van der Waals surface area contributed by atoms with Crippen molar-refractivity contribution < 1.29 is 9.90 Å². The highest BCUT2D eigenvalue weighted by Gasteiger charge is 2.18. The van der Waals surface area contributed by atoms with E-state index in [2.05, 4.69) is 13.2 Å². The van der Waals surface area contributed by atoms with E-state index in [1.54, 1.807) is 12.2 Å². The Labute approximate surface area is 138 Å². The van der Waals surface area contributed by atoms with E-state index < -0.39 is 6.10 Å². The predicted octanol–water partition coefficient (Wildman–Crippen LogP) is 5.79. The molecular formula is C20H36O2. The number of allylic oxidation sites excluding steroid dienone is 4. The zero-order valence-corrected chi connectivity index (χ0v) is 15.7. The van der Waals surface area contributed by atoms with E-state index in [0.29, 0.717) is 5.57 Å². The zero-order chi connectivity index (χ0) is 18.1. The van der Waals surface area contributed by atoms with Crippen molar-refractivity contribution in [3.8, 4) is 0 Å². The summed E-state index contributed by atoms with van der Waals surface area (Å²) in [5, 5.41) is 9.90. The Morgan fingerprint density at radius 1 is 1.14 bits per heavy atom. The second kappa shape index (κ2) is 17.6. The van der Waals surface area contributed by atoms with Crippen molar-refractivity contribution in [2.24, 2.45) is 0 Å². The molecule has 22 heavy (non-hydrogen) atoms. The van der Waals surface area contributed by atoms with Gasteiger partial charge in [-0.1, -0.05) is 66.9 Å². The molecule has 1 rings (SSSR count). The van der Waals surface area contributed by atoms with Gasteiger partial charge in [-0.3, -0.25) is 4.79 Å². The van der Waals surface area contributed by atoms with Crippen molar-refractivity contribution in [3.63, 3.8) is 0 Å². The maximum atomic E-state index is 11.3. The van der Waals surface area contributed by atoms with Crippen molar-refractivity contribution in [1.82, 2.24) is 0 Å². The largest absolute Gasteiger partial charge is 0.388 e. The predicted molar refractivity (Wildman–Crippen MR) is 100 cm³/mol. The van der Waals surface area contributed by atoms with Gasteiger partial charge < -0.3 is 5.11 Å². The number of carbonyl (C=O) groups excluding carboxylic acids is 1. The van der Waals surface area contributed by atoms with Crippen LogP contribution in [0.5, 0.6) is 0 Å². The summed E-state index contributed by atoms with van der Waals surface area (Å²) in [4.78, 5) is 11.3. The average Bonchev–Trinajstić information content (AvgIpc) is 2.58. The summed E-state index contributed by atoms with van der Waals surface area (Å²) in [5.74, 6) is -0.0383. The minimum Gasteiger partial charge on any atom is -0.388 e. The van der Waals surface area contributed by atoms with Crippen molar-refractivity contribution >= 4 is 5.78 Å². The number of rotatable bonds is 4. The van der Waals surface area contributed by atoms with Crippen LogP contribution in [-0.4, -0.2) is 17.0 Å². The van der Waals surface area contributed by atoms with Gasteiger partial charge in [0.15, 0.2) is 5.78 Å². The molecule has 1 atom stereocenters. The minimum absolute atomic E-state index is 0.0383. The van der Waals surface area contributed by atoms with Gasteiger partial charge in [0.1, 0.15) is 0 Å². The third kappa shape index (κ3) is 9.51. The molecule has 2 heteroatoms. The number of aliphatic hydroxyl groups is 1. The molecule has 0 radical (unpaired) electrons. The average molecular weight is 309 g/mol. The first-order chi connectivity index (χ1) is 10.6. The lowest BCUT2D eigenvalue weighted by molar-refractivity contribution is -0.113. The first-order valence-electron chi connectivity index (χ1n) is 8.48. The van der Waals surface area contributed by atoms with Crippen LogP contribution in [0.4, 0.5) is 0 Å². The molecule has 0 saturated heterocycles. The summed E-state index contributed by atoms with van der Waals surface area (Å²) in [6.45, 7) is 20.8. The molecule has 2 nitrogen and oxygen atoms in total. The molecule has 1 unspecified atom stereocenters. The van der Waals surface area contributed by atoms with Gasteiger partial charge in [0.25, 0.3) is 0 Å². The Balaban J connectivity index is -0.000000535. The quantitative estimate of drug-likeness (QED) is 0.527. The van der Waals surface area contributed by atoms with Gasteiger partial charge >= 0.3 is 0 Å². The van der Waals surface area contributed by atoms with Crippen LogP contribution in [0.1, 0.15) is 67.7 Å². The van der Waals surface area contributed by atoms with Crippen LogP contribution in [0.25, 0.3) is 0 Å². The third-order valence-electron chi connectivity index (χ3n) is 2.84. The molecule has 0 fully saturated rings. The second-order valence-electron chi connectivity index (χ2n) is 3.95. The molecule has 1 N–H and O–H groups in total. The smallest absolute Gasteiger partial charge is 0.159 e. The molecule has 0 bridgehead atoms. The van der Waals surface area contributed by atoms with E-state index in [0.717, 1.165) is 30.4 Å². The highest BCUT2D eigenvalue weighted by molar-refractivity contribution is 5.96. The monoisotopic (exact) mass is 308 g/mol. The number of hydrogen-bond donors (Lipinski definition) is 1. The Morgan fingerprint density at radius 3 is 2.00 bits per heavy atom. The summed E-state index contributed by atoms with van der Waals surface area (Å²) in [7, 11) is 0. The topological polar surface area (TPSA) is 37.3 Å². The molecule has 0 heterocycles. The molecule has 0 aromatic rings. The summed E-state index contributed by atoms with van der Waals surface area (Å²) >= 11 is 0. The lowest BCUT2D eigenvalue weighted by Crippen LogP contribution is -2.16. The fourth-order valence-electron chi connectivity index (χ4n) is 1.88. The van der Waals surface area contributed by atoms with E-state index in [1.165, 1.54) is 13.0 Å². The molecular weight excluding hydrogens is 272 g/mol. The van der Waals surface area contributed by atoms with Crippen LogP contribution in [0.2, 0.25) is 0 Å². The van der Waals surface area contributed by atoms with Crippen LogP contribution in [0, 0.1) is 0 Å². The van der Waals surface area contributed by atoms with E-state index in [-0.39, 0.29) is 5.78 Å². The molecule has 0 saturated carbocycles. The molecule has 0 amide bonds. The molecule has 0 aromatic heterocycles. The first-order valence-corrected chi connectivity index (χ1v) is 8.48. The second-order valence-corrected chi connectivity index (χ2v) is 3.95. The zero-order valence-electron chi connectivity index (χ0n) is 15.7. The highest BCUT2D eigenvalue weighted by atomic mass is 16.3. The summed E-state index contributed by atoms with van der Waals surface area (Å²) in [6, 6.07) is 0. The molecule has 128 valence electrons. The van der Waals surface area contributed by atoms with Gasteiger partial charge in [-0.05, 0) is 43.4 Å². The third-order valence-corrected chi connectivity index (χ3v) is 2.84. The van der Waals surface area contributed by atoms with Gasteiger partial charge in [0.05, 0.1) is 6.10 Å². The molecule has 0 aliphatic heterocycles. The van der Waals surface area contributed by atoms with Gasteiger partial charge in [0.2, 0.25) is 0 Å². The fourth-order valence-corrected chi connectivity index (χ4v) is 1.88. The SMILES string of the molecule is C=CC1=C(/C=C(\C=C)C(C)=O)C(O)CCC1.CC.CC.CC. The maximum Gasteiger partial charge on any atom is 0.159 e. The van der Waals surface area contributed by atoms with Gasteiger partial charge in [-0.2, -0.15) is 0 Å². The lowest BCUT2D eigenvalue weighted by Gasteiger charge is -2.21. The highest BCUT2D eigenvalue weighted by Crippen LogP contribution is 2.27. The van der Waals surface area contributed by atoms with E-state index in [9.17, 15) is 9.90 Å². The Bertz CT molecular complexity index is 373. The Kier molecular flexibility index (Phi) is 20.5. The van der Waals surface area contributed by atoms with Crippen LogP contribution in [0.15, 0.2) is 48.1 Å². The van der Waals surface area contributed by atoms with Crippen molar-refractivity contribution in [2.75, 3.05) is 0 Å². The molecule has 1 aliphatic rings. The van der Waals surface area contributed by atoms with Crippen LogP contribution >= 0.6 is 0 Å². The Hall–Kier alpha value is -1.41. The van der Waals surface area contributed by atoms with Crippen LogP contribution < -0.4 is 0 Å². The standard InChI is InChI=1S/C14H18O2.3C2H6/c1-4-11-7-6-8-14(16)13(11)9-12(5-2)10(3)15;3*1-2/h4-5,9,14,16H,1-2,6-8H2,3H3;3*1-2H3/b12-9+;;;. The first kappa shape index (κ1) is 25.5. The summed E-state index contributed by atoms with van der Waals surface area (Å²) < 4.78 is 0. The number of carbonyl (C=O) groups is 1. The van der Waals surface area contributed by atoms with E-state index >= 15 is 0 Å². The number of aliphatic hydroxyl groups excluding tert-OH is 1. The van der Waals surface area contributed by atoms with Crippen molar-refractivity contribution in [3.05, 3.63) is 48.1 Å². The fraction of sp³-hybridized carbons (Fsp3) is 0.550. The Morgan fingerprint density at radius 2 is 1.64 bits per heavy atom. The molecule has 0 spiro atoms. The van der Waals surface area contributed by atoms with Gasteiger partial charge in [-0.15, -0.1) is 0 Å².